The first-order valence-electron chi connectivity index (χ1n) is 8.43. The summed E-state index contributed by atoms with van der Waals surface area (Å²) in [4.78, 5) is 16.0. The zero-order chi connectivity index (χ0) is 16.6. The Bertz CT molecular complexity index is 695. The van der Waals surface area contributed by atoms with E-state index >= 15 is 0 Å². The number of hydrogen-bond acceptors (Lipinski definition) is 5. The maximum absolute atomic E-state index is 13.0. The minimum absolute atomic E-state index is 0.116. The summed E-state index contributed by atoms with van der Waals surface area (Å²) in [5, 5.41) is 13.2. The van der Waals surface area contributed by atoms with Crippen molar-refractivity contribution in [2.45, 2.75) is 24.5 Å². The highest BCUT2D eigenvalue weighted by atomic mass is 32.1. The fourth-order valence-corrected chi connectivity index (χ4v) is 4.62. The molecule has 1 aromatic heterocycles. The van der Waals surface area contributed by atoms with Crippen LogP contribution in [0.4, 0.5) is 0 Å². The van der Waals surface area contributed by atoms with Gasteiger partial charge in [0.05, 0.1) is 4.88 Å². The lowest BCUT2D eigenvalue weighted by molar-refractivity contribution is -0.176. The first kappa shape index (κ1) is 15.8. The average Bonchev–Trinajstić information content (AvgIpc) is 3.18. The molecule has 2 bridgehead atoms. The second-order valence-electron chi connectivity index (χ2n) is 6.64. The van der Waals surface area contributed by atoms with Crippen molar-refractivity contribution in [1.82, 2.24) is 4.90 Å². The van der Waals surface area contributed by atoms with Crippen molar-refractivity contribution < 1.29 is 14.6 Å². The third-order valence-electron chi connectivity index (χ3n) is 5.22. The van der Waals surface area contributed by atoms with Crippen molar-refractivity contribution in [1.29, 1.82) is 0 Å². The minimum Gasteiger partial charge on any atom is -0.458 e. The molecule has 1 unspecified atom stereocenters. The van der Waals surface area contributed by atoms with E-state index in [0.29, 0.717) is 16.4 Å². The Balaban J connectivity index is 1.63. The third-order valence-corrected chi connectivity index (χ3v) is 6.20. The molecule has 3 aliphatic rings. The monoisotopic (exact) mass is 343 g/mol. The minimum atomic E-state index is -1.73. The highest BCUT2D eigenvalue weighted by Gasteiger charge is 2.46. The van der Waals surface area contributed by atoms with Crippen LogP contribution in [0.25, 0.3) is 0 Å². The number of thiophene rings is 1. The summed E-state index contributed by atoms with van der Waals surface area (Å²) in [5.41, 5.74) is -1.18. The van der Waals surface area contributed by atoms with Gasteiger partial charge in [-0.25, -0.2) is 4.79 Å². The van der Waals surface area contributed by atoms with Gasteiger partial charge in [-0.2, -0.15) is 0 Å². The normalized spacial score (nSPS) is 28.3. The standard InChI is InChI=1S/C19H21NO3S/c21-18(23-16-13-20-10-8-14(16)9-11-20)19(22,17-7-4-12-24-17)15-5-2-1-3-6-15/h1-7,12,14,16,22H,8-11,13H2/t16-,19?/m0/s1. The van der Waals surface area contributed by atoms with Gasteiger partial charge in [0.2, 0.25) is 5.60 Å². The van der Waals surface area contributed by atoms with Gasteiger partial charge in [-0.3, -0.25) is 4.90 Å². The largest absolute Gasteiger partial charge is 0.458 e. The van der Waals surface area contributed by atoms with Crippen molar-refractivity contribution in [3.05, 3.63) is 58.3 Å². The predicted octanol–water partition coefficient (Wildman–Crippen LogP) is 2.62. The number of esters is 1. The van der Waals surface area contributed by atoms with Crippen LogP contribution >= 0.6 is 11.3 Å². The molecule has 0 amide bonds. The summed E-state index contributed by atoms with van der Waals surface area (Å²) in [6.45, 7) is 2.96. The molecule has 2 aromatic rings. The molecular weight excluding hydrogens is 322 g/mol. The summed E-state index contributed by atoms with van der Waals surface area (Å²) in [7, 11) is 0. The first-order valence-corrected chi connectivity index (χ1v) is 9.31. The lowest BCUT2D eigenvalue weighted by atomic mass is 9.85. The molecule has 3 saturated heterocycles. The van der Waals surface area contributed by atoms with Crippen LogP contribution in [0.1, 0.15) is 23.3 Å². The zero-order valence-electron chi connectivity index (χ0n) is 13.4. The van der Waals surface area contributed by atoms with Gasteiger partial charge in [0.15, 0.2) is 0 Å². The maximum Gasteiger partial charge on any atom is 0.348 e. The van der Waals surface area contributed by atoms with Gasteiger partial charge in [0.1, 0.15) is 6.10 Å². The number of hydrogen-bond donors (Lipinski definition) is 1. The van der Waals surface area contributed by atoms with Crippen LogP contribution < -0.4 is 0 Å². The molecule has 0 aliphatic carbocycles. The molecule has 3 fully saturated rings. The second-order valence-corrected chi connectivity index (χ2v) is 7.58. The lowest BCUT2D eigenvalue weighted by Crippen LogP contribution is -2.53. The highest BCUT2D eigenvalue weighted by molar-refractivity contribution is 7.10. The summed E-state index contributed by atoms with van der Waals surface area (Å²) < 4.78 is 5.84. The van der Waals surface area contributed by atoms with Gasteiger partial charge in [0, 0.05) is 12.1 Å². The number of fused-ring (bicyclic) bond motifs is 3. The van der Waals surface area contributed by atoms with Gasteiger partial charge in [0.25, 0.3) is 0 Å². The Kier molecular flexibility index (Phi) is 4.16. The number of piperidine rings is 3. The number of rotatable bonds is 4. The molecule has 4 nitrogen and oxygen atoms in total. The van der Waals surface area contributed by atoms with Gasteiger partial charge < -0.3 is 9.84 Å². The molecule has 1 aromatic carbocycles. The smallest absolute Gasteiger partial charge is 0.348 e. The Morgan fingerprint density at radius 1 is 1.17 bits per heavy atom. The van der Waals surface area contributed by atoms with E-state index in [0.717, 1.165) is 32.5 Å². The van der Waals surface area contributed by atoms with E-state index < -0.39 is 11.6 Å². The number of carbonyl (C=O) groups is 1. The molecule has 4 heterocycles. The van der Waals surface area contributed by atoms with Gasteiger partial charge >= 0.3 is 5.97 Å². The van der Waals surface area contributed by atoms with E-state index in [9.17, 15) is 9.90 Å². The average molecular weight is 343 g/mol. The highest BCUT2D eigenvalue weighted by Crippen LogP contribution is 2.36. The quantitative estimate of drug-likeness (QED) is 0.867. The van der Waals surface area contributed by atoms with Crippen LogP contribution in [0.15, 0.2) is 47.8 Å². The summed E-state index contributed by atoms with van der Waals surface area (Å²) in [5.74, 6) is -0.141. The van der Waals surface area contributed by atoms with Crippen molar-refractivity contribution in [2.75, 3.05) is 19.6 Å². The summed E-state index contributed by atoms with van der Waals surface area (Å²) >= 11 is 1.37. The van der Waals surface area contributed by atoms with E-state index in [1.54, 1.807) is 18.2 Å². The van der Waals surface area contributed by atoms with Gasteiger partial charge in [-0.1, -0.05) is 36.4 Å². The van der Waals surface area contributed by atoms with Crippen molar-refractivity contribution in [2.24, 2.45) is 5.92 Å². The fraction of sp³-hybridized carbons (Fsp3) is 0.421. The van der Waals surface area contributed by atoms with E-state index in [1.807, 2.05) is 29.6 Å². The molecule has 24 heavy (non-hydrogen) atoms. The number of aliphatic hydroxyl groups is 1. The fourth-order valence-electron chi connectivity index (χ4n) is 3.79. The Morgan fingerprint density at radius 3 is 2.50 bits per heavy atom. The zero-order valence-corrected chi connectivity index (χ0v) is 14.2. The Hall–Kier alpha value is -1.69. The molecule has 0 spiro atoms. The Morgan fingerprint density at radius 2 is 1.92 bits per heavy atom. The molecule has 3 aliphatic heterocycles. The third kappa shape index (κ3) is 2.66. The topological polar surface area (TPSA) is 49.8 Å². The molecule has 5 rings (SSSR count). The molecule has 0 radical (unpaired) electrons. The molecule has 1 N–H and O–H groups in total. The van der Waals surface area contributed by atoms with Crippen LogP contribution in [0.3, 0.4) is 0 Å². The molecule has 5 heteroatoms. The number of nitrogens with zero attached hydrogens (tertiary/aromatic N) is 1. The van der Waals surface area contributed by atoms with E-state index in [1.165, 1.54) is 11.3 Å². The number of benzene rings is 1. The lowest BCUT2D eigenvalue weighted by Gasteiger charge is -2.44. The Labute approximate surface area is 145 Å². The molecule has 0 saturated carbocycles. The van der Waals surface area contributed by atoms with Gasteiger partial charge in [-0.05, 0) is 43.3 Å². The number of ether oxygens (including phenoxy) is 1. The maximum atomic E-state index is 13.0. The van der Waals surface area contributed by atoms with Crippen LogP contribution in [0.5, 0.6) is 0 Å². The predicted molar refractivity (Wildman–Crippen MR) is 92.8 cm³/mol. The number of carbonyl (C=O) groups excluding carboxylic acids is 1. The van der Waals surface area contributed by atoms with E-state index in [4.69, 9.17) is 4.74 Å². The van der Waals surface area contributed by atoms with Crippen LogP contribution in [-0.2, 0) is 15.1 Å². The van der Waals surface area contributed by atoms with E-state index in [-0.39, 0.29) is 6.10 Å². The molecular formula is C19H21NO3S. The molecule has 2 atom stereocenters. The second kappa shape index (κ2) is 6.31. The van der Waals surface area contributed by atoms with Crippen LogP contribution in [0.2, 0.25) is 0 Å². The van der Waals surface area contributed by atoms with Crippen molar-refractivity contribution in [3.63, 3.8) is 0 Å². The SMILES string of the molecule is O=C(O[C@H]1CN2CCC1CC2)C(O)(c1ccccc1)c1cccs1. The van der Waals surface area contributed by atoms with Gasteiger partial charge in [-0.15, -0.1) is 11.3 Å². The summed E-state index contributed by atoms with van der Waals surface area (Å²) in [6, 6.07) is 12.7. The van der Waals surface area contributed by atoms with Crippen LogP contribution in [0, 0.1) is 5.92 Å². The van der Waals surface area contributed by atoms with Crippen molar-refractivity contribution in [3.8, 4) is 0 Å². The van der Waals surface area contributed by atoms with E-state index in [2.05, 4.69) is 4.90 Å². The summed E-state index contributed by atoms with van der Waals surface area (Å²) in [6.07, 6.45) is 2.02. The van der Waals surface area contributed by atoms with Crippen molar-refractivity contribution >= 4 is 17.3 Å². The molecule has 126 valence electrons. The first-order chi connectivity index (χ1) is 11.7. The van der Waals surface area contributed by atoms with Crippen LogP contribution in [-0.4, -0.2) is 41.7 Å².